The van der Waals surface area contributed by atoms with Crippen molar-refractivity contribution in [3.05, 3.63) is 5.89 Å². The molecule has 1 saturated carbocycles. The molecule has 16 heavy (non-hydrogen) atoms. The van der Waals surface area contributed by atoms with Crippen LogP contribution in [-0.4, -0.2) is 30.8 Å². The van der Waals surface area contributed by atoms with Crippen molar-refractivity contribution >= 4 is 15.7 Å². The topological polar surface area (TPSA) is 102 Å². The van der Waals surface area contributed by atoms with Crippen molar-refractivity contribution in [2.75, 3.05) is 6.26 Å². The van der Waals surface area contributed by atoms with E-state index in [1.165, 1.54) is 0 Å². The maximum atomic E-state index is 11.3. The summed E-state index contributed by atoms with van der Waals surface area (Å²) >= 11 is 0. The van der Waals surface area contributed by atoms with Crippen molar-refractivity contribution in [1.29, 1.82) is 0 Å². The number of nitrogens with zero attached hydrogens (tertiary/aromatic N) is 2. The number of hydrogen-bond acceptors (Lipinski definition) is 6. The van der Waals surface area contributed by atoms with Crippen LogP contribution < -0.4 is 5.32 Å². The van der Waals surface area contributed by atoms with E-state index in [9.17, 15) is 13.2 Å². The maximum absolute atomic E-state index is 11.3. The quantitative estimate of drug-likeness (QED) is 0.767. The first kappa shape index (κ1) is 11.1. The van der Waals surface area contributed by atoms with Crippen LogP contribution in [0.2, 0.25) is 0 Å². The van der Waals surface area contributed by atoms with Crippen LogP contribution in [0.4, 0.5) is 0 Å². The molecule has 0 aromatic carbocycles. The van der Waals surface area contributed by atoms with E-state index in [-0.39, 0.29) is 24.3 Å². The third-order valence-corrected chi connectivity index (χ3v) is 2.93. The summed E-state index contributed by atoms with van der Waals surface area (Å²) in [5, 5.41) is 9.06. The van der Waals surface area contributed by atoms with Gasteiger partial charge < -0.3 is 9.73 Å². The molecule has 1 aromatic heterocycles. The molecular formula is C8H11N3O4S. The lowest BCUT2D eigenvalue weighted by Crippen LogP contribution is -2.24. The third-order valence-electron chi connectivity index (χ3n) is 2.13. The van der Waals surface area contributed by atoms with Gasteiger partial charge in [0.15, 0.2) is 0 Å². The first-order chi connectivity index (χ1) is 7.47. The van der Waals surface area contributed by atoms with Crippen molar-refractivity contribution in [2.24, 2.45) is 5.92 Å². The van der Waals surface area contributed by atoms with Gasteiger partial charge in [0.25, 0.3) is 0 Å². The zero-order valence-corrected chi connectivity index (χ0v) is 9.45. The molecule has 0 atom stereocenters. The molecule has 7 nitrogen and oxygen atoms in total. The lowest BCUT2D eigenvalue weighted by atomic mass is 10.4. The molecule has 0 saturated heterocycles. The number of sulfone groups is 1. The fourth-order valence-electron chi connectivity index (χ4n) is 1.11. The van der Waals surface area contributed by atoms with Gasteiger partial charge in [0.05, 0.1) is 6.54 Å². The Morgan fingerprint density at radius 1 is 1.50 bits per heavy atom. The molecule has 1 fully saturated rings. The van der Waals surface area contributed by atoms with Gasteiger partial charge in [0.1, 0.15) is 0 Å². The Kier molecular flexibility index (Phi) is 2.66. The fraction of sp³-hybridized carbons (Fsp3) is 0.625. The largest absolute Gasteiger partial charge is 0.411 e. The summed E-state index contributed by atoms with van der Waals surface area (Å²) in [5.41, 5.74) is 0. The second kappa shape index (κ2) is 3.85. The predicted molar refractivity (Wildman–Crippen MR) is 52.0 cm³/mol. The average molecular weight is 245 g/mol. The van der Waals surface area contributed by atoms with Gasteiger partial charge in [0.2, 0.25) is 21.6 Å². The van der Waals surface area contributed by atoms with Crippen molar-refractivity contribution in [3.8, 4) is 0 Å². The molecule has 0 bridgehead atoms. The highest BCUT2D eigenvalue weighted by molar-refractivity contribution is 7.90. The van der Waals surface area contributed by atoms with Crippen LogP contribution in [0.5, 0.6) is 0 Å². The van der Waals surface area contributed by atoms with Crippen molar-refractivity contribution in [2.45, 2.75) is 24.6 Å². The summed E-state index contributed by atoms with van der Waals surface area (Å²) in [5.74, 6) is 0.130. The highest BCUT2D eigenvalue weighted by Gasteiger charge is 2.29. The molecule has 0 radical (unpaired) electrons. The van der Waals surface area contributed by atoms with Crippen molar-refractivity contribution in [3.63, 3.8) is 0 Å². The maximum Gasteiger partial charge on any atom is 0.335 e. The Hall–Kier alpha value is -1.44. The van der Waals surface area contributed by atoms with Gasteiger partial charge in [-0.2, -0.15) is 0 Å². The monoisotopic (exact) mass is 245 g/mol. The van der Waals surface area contributed by atoms with E-state index < -0.39 is 15.1 Å². The minimum absolute atomic E-state index is 0.0564. The Bertz CT molecular complexity index is 503. The summed E-state index contributed by atoms with van der Waals surface area (Å²) < 4.78 is 26.9. The average Bonchev–Trinajstić information content (AvgIpc) is 2.92. The molecule has 1 N–H and O–H groups in total. The first-order valence-corrected chi connectivity index (χ1v) is 6.66. The molecule has 1 aromatic rings. The Balaban J connectivity index is 1.95. The van der Waals surface area contributed by atoms with Crippen LogP contribution in [0.1, 0.15) is 18.7 Å². The molecule has 0 aliphatic heterocycles. The normalized spacial score (nSPS) is 16.1. The van der Waals surface area contributed by atoms with E-state index in [0.29, 0.717) is 0 Å². The van der Waals surface area contributed by atoms with E-state index in [2.05, 4.69) is 15.5 Å². The Labute approximate surface area is 92.2 Å². The SMILES string of the molecule is CS(=O)(=O)c1nnc(CNC(=O)C2CC2)o1. The fourth-order valence-corrected chi connectivity index (χ4v) is 1.55. The molecule has 1 amide bonds. The lowest BCUT2D eigenvalue weighted by Gasteiger charge is -1.98. The number of amides is 1. The molecule has 2 rings (SSSR count). The summed E-state index contributed by atoms with van der Waals surface area (Å²) in [6.45, 7) is 0.0673. The molecule has 0 unspecified atom stereocenters. The van der Waals surface area contributed by atoms with Gasteiger partial charge in [0, 0.05) is 12.2 Å². The van der Waals surface area contributed by atoms with Gasteiger partial charge in [-0.05, 0) is 12.8 Å². The highest BCUT2D eigenvalue weighted by atomic mass is 32.2. The van der Waals surface area contributed by atoms with E-state index in [4.69, 9.17) is 4.42 Å². The van der Waals surface area contributed by atoms with Crippen LogP contribution in [0.3, 0.4) is 0 Å². The van der Waals surface area contributed by atoms with E-state index >= 15 is 0 Å². The van der Waals surface area contributed by atoms with Crippen LogP contribution in [0.25, 0.3) is 0 Å². The molecule has 1 aliphatic carbocycles. The molecule has 0 spiro atoms. The van der Waals surface area contributed by atoms with E-state index in [1.54, 1.807) is 0 Å². The molecule has 1 heterocycles. The van der Waals surface area contributed by atoms with Gasteiger partial charge in [-0.1, -0.05) is 5.10 Å². The van der Waals surface area contributed by atoms with Gasteiger partial charge in [-0.3, -0.25) is 4.79 Å². The number of rotatable bonds is 4. The van der Waals surface area contributed by atoms with Gasteiger partial charge in [-0.25, -0.2) is 8.42 Å². The second-order valence-electron chi connectivity index (χ2n) is 3.73. The van der Waals surface area contributed by atoms with Crippen molar-refractivity contribution in [1.82, 2.24) is 15.5 Å². The minimum Gasteiger partial charge on any atom is -0.411 e. The second-order valence-corrected chi connectivity index (χ2v) is 5.62. The molecule has 88 valence electrons. The Morgan fingerprint density at radius 2 is 2.19 bits per heavy atom. The molecule has 8 heteroatoms. The number of hydrogen-bond donors (Lipinski definition) is 1. The van der Waals surface area contributed by atoms with Crippen LogP contribution in [-0.2, 0) is 21.2 Å². The van der Waals surface area contributed by atoms with Gasteiger partial charge >= 0.3 is 5.22 Å². The zero-order chi connectivity index (χ0) is 11.8. The number of aromatic nitrogens is 2. The first-order valence-electron chi connectivity index (χ1n) is 4.77. The Morgan fingerprint density at radius 3 is 2.69 bits per heavy atom. The van der Waals surface area contributed by atoms with Crippen LogP contribution in [0, 0.1) is 5.92 Å². The van der Waals surface area contributed by atoms with Crippen LogP contribution >= 0.6 is 0 Å². The summed E-state index contributed by atoms with van der Waals surface area (Å²) in [7, 11) is -3.48. The minimum atomic E-state index is -3.48. The summed E-state index contributed by atoms with van der Waals surface area (Å²) in [6, 6.07) is 0. The lowest BCUT2D eigenvalue weighted by molar-refractivity contribution is -0.122. The molecular weight excluding hydrogens is 234 g/mol. The van der Waals surface area contributed by atoms with Crippen molar-refractivity contribution < 1.29 is 17.6 Å². The number of nitrogens with one attached hydrogen (secondary N) is 1. The van der Waals surface area contributed by atoms with Gasteiger partial charge in [-0.15, -0.1) is 5.10 Å². The van der Waals surface area contributed by atoms with E-state index in [1.807, 2.05) is 0 Å². The molecule has 1 aliphatic rings. The van der Waals surface area contributed by atoms with Crippen LogP contribution in [0.15, 0.2) is 9.64 Å². The third kappa shape index (κ3) is 2.57. The zero-order valence-electron chi connectivity index (χ0n) is 8.63. The summed E-state index contributed by atoms with van der Waals surface area (Å²) in [6.07, 6.45) is 2.79. The predicted octanol–water partition coefficient (Wildman–Crippen LogP) is -0.501. The number of carbonyl (C=O) groups excluding carboxylic acids is 1. The highest BCUT2D eigenvalue weighted by Crippen LogP contribution is 2.28. The standard InChI is InChI=1S/C8H11N3O4S/c1-16(13,14)8-11-10-6(15-8)4-9-7(12)5-2-3-5/h5H,2-4H2,1H3,(H,9,12). The van der Waals surface area contributed by atoms with E-state index in [0.717, 1.165) is 19.1 Å². The summed E-state index contributed by atoms with van der Waals surface area (Å²) in [4.78, 5) is 11.3. The smallest absolute Gasteiger partial charge is 0.335 e. The number of carbonyl (C=O) groups is 1.